The summed E-state index contributed by atoms with van der Waals surface area (Å²) in [6, 6.07) is -0.585. The van der Waals surface area contributed by atoms with Crippen LogP contribution in [0.3, 0.4) is 0 Å². The van der Waals surface area contributed by atoms with Crippen molar-refractivity contribution in [2.24, 2.45) is 5.73 Å². The minimum absolute atomic E-state index is 0.0508. The summed E-state index contributed by atoms with van der Waals surface area (Å²) < 4.78 is 4.71. The highest BCUT2D eigenvalue weighted by atomic mass is 16.5. The number of hydrogen-bond donors (Lipinski definition) is 1. The Morgan fingerprint density at radius 3 is 2.75 bits per heavy atom. The third-order valence-electron chi connectivity index (χ3n) is 2.79. The number of nitrogens with zero attached hydrogens (tertiary/aromatic N) is 1. The molecular formula is C11H20N2O3. The first kappa shape index (κ1) is 13.0. The predicted molar refractivity (Wildman–Crippen MR) is 59.6 cm³/mol. The summed E-state index contributed by atoms with van der Waals surface area (Å²) >= 11 is 0. The van der Waals surface area contributed by atoms with Crippen molar-refractivity contribution < 1.29 is 14.3 Å². The summed E-state index contributed by atoms with van der Waals surface area (Å²) in [5.74, 6) is -0.372. The molecule has 2 N–H and O–H groups in total. The van der Waals surface area contributed by atoms with Gasteiger partial charge in [-0.3, -0.25) is 4.79 Å². The first-order valence-electron chi connectivity index (χ1n) is 5.69. The zero-order valence-corrected chi connectivity index (χ0v) is 9.94. The zero-order valence-electron chi connectivity index (χ0n) is 9.94. The van der Waals surface area contributed by atoms with Crippen molar-refractivity contribution in [2.75, 3.05) is 13.7 Å². The lowest BCUT2D eigenvalue weighted by Gasteiger charge is -2.34. The third-order valence-corrected chi connectivity index (χ3v) is 2.79. The van der Waals surface area contributed by atoms with Gasteiger partial charge in [-0.1, -0.05) is 0 Å². The molecule has 2 unspecified atom stereocenters. The molecule has 1 amide bonds. The van der Waals surface area contributed by atoms with Gasteiger partial charge in [-0.25, -0.2) is 4.79 Å². The van der Waals surface area contributed by atoms with Crippen LogP contribution in [-0.2, 0) is 14.3 Å². The normalized spacial score (nSPS) is 22.7. The van der Waals surface area contributed by atoms with Crippen LogP contribution in [0.15, 0.2) is 0 Å². The molecule has 0 aromatic heterocycles. The van der Waals surface area contributed by atoms with E-state index in [1.54, 1.807) is 11.8 Å². The van der Waals surface area contributed by atoms with Gasteiger partial charge in [-0.05, 0) is 26.2 Å². The molecule has 0 bridgehead atoms. The third kappa shape index (κ3) is 3.20. The molecule has 1 rings (SSSR count). The van der Waals surface area contributed by atoms with E-state index < -0.39 is 6.04 Å². The highest BCUT2D eigenvalue weighted by Crippen LogP contribution is 2.19. The summed E-state index contributed by atoms with van der Waals surface area (Å²) in [5.41, 5.74) is 5.59. The highest BCUT2D eigenvalue weighted by Gasteiger charge is 2.32. The zero-order chi connectivity index (χ0) is 12.1. The molecule has 0 aliphatic carbocycles. The van der Waals surface area contributed by atoms with E-state index in [2.05, 4.69) is 0 Å². The number of carbonyl (C=O) groups is 2. The number of piperidine rings is 1. The quantitative estimate of drug-likeness (QED) is 0.704. The Labute approximate surface area is 95.9 Å². The lowest BCUT2D eigenvalue weighted by Crippen LogP contribution is -2.49. The van der Waals surface area contributed by atoms with E-state index in [-0.39, 0.29) is 24.3 Å². The van der Waals surface area contributed by atoms with Crippen molar-refractivity contribution in [3.05, 3.63) is 0 Å². The van der Waals surface area contributed by atoms with Gasteiger partial charge in [0.2, 0.25) is 5.91 Å². The molecule has 0 spiro atoms. The molecule has 1 fully saturated rings. The average Bonchev–Trinajstić information content (AvgIpc) is 2.27. The Kier molecular flexibility index (Phi) is 4.73. The number of nitrogens with two attached hydrogens (primary N) is 1. The minimum atomic E-state index is -0.412. The predicted octanol–water partition coefficient (Wildman–Crippen LogP) is 0.278. The first-order chi connectivity index (χ1) is 7.56. The Bertz CT molecular complexity index is 266. The summed E-state index contributed by atoms with van der Waals surface area (Å²) in [7, 11) is 1.35. The number of likely N-dealkylation sites (tertiary alicyclic amines) is 1. The molecule has 5 nitrogen and oxygen atoms in total. The number of hydrogen-bond acceptors (Lipinski definition) is 4. The van der Waals surface area contributed by atoms with Crippen LogP contribution in [0.4, 0.5) is 0 Å². The maximum Gasteiger partial charge on any atom is 0.328 e. The summed E-state index contributed by atoms with van der Waals surface area (Å²) in [4.78, 5) is 25.0. The van der Waals surface area contributed by atoms with Gasteiger partial charge in [0, 0.05) is 19.0 Å². The monoisotopic (exact) mass is 228 g/mol. The second-order valence-corrected chi connectivity index (χ2v) is 4.30. The van der Waals surface area contributed by atoms with E-state index in [1.807, 2.05) is 0 Å². The van der Waals surface area contributed by atoms with E-state index in [9.17, 15) is 9.59 Å². The van der Waals surface area contributed by atoms with Crippen LogP contribution in [0.2, 0.25) is 0 Å². The van der Waals surface area contributed by atoms with Crippen molar-refractivity contribution >= 4 is 11.9 Å². The van der Waals surface area contributed by atoms with E-state index >= 15 is 0 Å². The smallest absolute Gasteiger partial charge is 0.328 e. The molecule has 1 aliphatic heterocycles. The van der Waals surface area contributed by atoms with Crippen LogP contribution in [0.1, 0.15) is 32.6 Å². The fraction of sp³-hybridized carbons (Fsp3) is 0.818. The summed E-state index contributed by atoms with van der Waals surface area (Å²) in [6.45, 7) is 2.42. The maximum atomic E-state index is 11.9. The Morgan fingerprint density at radius 2 is 2.19 bits per heavy atom. The molecule has 0 radical (unpaired) electrons. The number of carbonyl (C=O) groups excluding carboxylic acids is 2. The van der Waals surface area contributed by atoms with E-state index in [0.717, 1.165) is 12.8 Å². The van der Waals surface area contributed by atoms with Gasteiger partial charge in [0.05, 0.1) is 7.11 Å². The molecule has 92 valence electrons. The van der Waals surface area contributed by atoms with Crippen LogP contribution in [0, 0.1) is 0 Å². The van der Waals surface area contributed by atoms with Crippen LogP contribution >= 0.6 is 0 Å². The summed E-state index contributed by atoms with van der Waals surface area (Å²) in [6.07, 6.45) is 2.88. The van der Waals surface area contributed by atoms with Gasteiger partial charge in [0.1, 0.15) is 6.04 Å². The molecule has 0 aromatic carbocycles. The largest absolute Gasteiger partial charge is 0.467 e. The molecule has 5 heteroatoms. The van der Waals surface area contributed by atoms with Gasteiger partial charge in [0.15, 0.2) is 0 Å². The van der Waals surface area contributed by atoms with Gasteiger partial charge >= 0.3 is 5.97 Å². The van der Waals surface area contributed by atoms with E-state index in [4.69, 9.17) is 10.5 Å². The van der Waals surface area contributed by atoms with Crippen LogP contribution < -0.4 is 5.73 Å². The van der Waals surface area contributed by atoms with Gasteiger partial charge in [-0.15, -0.1) is 0 Å². The molecule has 1 aliphatic rings. The topological polar surface area (TPSA) is 72.6 Å². The molecule has 1 heterocycles. The fourth-order valence-electron chi connectivity index (χ4n) is 2.00. The average molecular weight is 228 g/mol. The van der Waals surface area contributed by atoms with Gasteiger partial charge < -0.3 is 15.4 Å². The Hall–Kier alpha value is -1.10. The number of ether oxygens (including phenoxy) is 1. The van der Waals surface area contributed by atoms with Crippen molar-refractivity contribution in [1.29, 1.82) is 0 Å². The molecule has 2 atom stereocenters. The second kappa shape index (κ2) is 5.84. The van der Waals surface area contributed by atoms with Crippen molar-refractivity contribution in [2.45, 2.75) is 44.7 Å². The summed E-state index contributed by atoms with van der Waals surface area (Å²) in [5, 5.41) is 0. The van der Waals surface area contributed by atoms with Crippen LogP contribution in [0.5, 0.6) is 0 Å². The molecular weight excluding hydrogens is 208 g/mol. The molecule has 0 saturated carbocycles. The molecule has 16 heavy (non-hydrogen) atoms. The number of amides is 1. The SMILES string of the molecule is COC(=O)C1CCCCN1C(=O)CC(C)N. The van der Waals surface area contributed by atoms with Crippen LogP contribution in [0.25, 0.3) is 0 Å². The molecule has 1 saturated heterocycles. The van der Waals surface area contributed by atoms with Crippen LogP contribution in [-0.4, -0.2) is 42.5 Å². The van der Waals surface area contributed by atoms with Crippen molar-refractivity contribution in [1.82, 2.24) is 4.90 Å². The lowest BCUT2D eigenvalue weighted by molar-refractivity contribution is -0.154. The maximum absolute atomic E-state index is 11.9. The van der Waals surface area contributed by atoms with Gasteiger partial charge in [-0.2, -0.15) is 0 Å². The van der Waals surface area contributed by atoms with E-state index in [0.29, 0.717) is 13.0 Å². The highest BCUT2D eigenvalue weighted by molar-refractivity contribution is 5.85. The first-order valence-corrected chi connectivity index (χ1v) is 5.69. The van der Waals surface area contributed by atoms with Gasteiger partial charge in [0.25, 0.3) is 0 Å². The minimum Gasteiger partial charge on any atom is -0.467 e. The Morgan fingerprint density at radius 1 is 1.50 bits per heavy atom. The van der Waals surface area contributed by atoms with E-state index in [1.165, 1.54) is 7.11 Å². The fourth-order valence-corrected chi connectivity index (χ4v) is 2.00. The van der Waals surface area contributed by atoms with Crippen molar-refractivity contribution in [3.8, 4) is 0 Å². The standard InChI is InChI=1S/C11H20N2O3/c1-8(12)7-10(14)13-6-4-3-5-9(13)11(15)16-2/h8-9H,3-7,12H2,1-2H3. The number of esters is 1. The second-order valence-electron chi connectivity index (χ2n) is 4.30. The molecule has 0 aromatic rings. The lowest BCUT2D eigenvalue weighted by atomic mass is 10.0. The Balaban J connectivity index is 2.66. The number of methoxy groups -OCH3 is 1. The number of rotatable bonds is 3. The van der Waals surface area contributed by atoms with Crippen molar-refractivity contribution in [3.63, 3.8) is 0 Å².